The van der Waals surface area contributed by atoms with Gasteiger partial charge in [-0.25, -0.2) is 18.5 Å². The number of aromatic nitrogens is 2. The summed E-state index contributed by atoms with van der Waals surface area (Å²) in [6.45, 7) is 8.66. The van der Waals surface area contributed by atoms with Gasteiger partial charge in [-0.1, -0.05) is 25.6 Å². The van der Waals surface area contributed by atoms with Crippen molar-refractivity contribution >= 4 is 38.7 Å². The van der Waals surface area contributed by atoms with Crippen molar-refractivity contribution in [1.29, 1.82) is 0 Å². The molecular formula is C18H26N4O3S2. The second kappa shape index (κ2) is 7.81. The van der Waals surface area contributed by atoms with E-state index < -0.39 is 10.0 Å². The molecule has 0 radical (unpaired) electrons. The van der Waals surface area contributed by atoms with Crippen LogP contribution in [0.25, 0.3) is 11.0 Å². The van der Waals surface area contributed by atoms with Crippen LogP contribution in [0.4, 0.5) is 0 Å². The normalized spacial score (nSPS) is 21.0. The number of fused-ring (bicyclic) bond motifs is 1. The number of likely N-dealkylation sites (tertiary alicyclic amines) is 1. The lowest BCUT2D eigenvalue weighted by molar-refractivity contribution is -0.130. The Morgan fingerprint density at radius 2 is 1.96 bits per heavy atom. The first kappa shape index (κ1) is 20.2. The first-order valence-corrected chi connectivity index (χ1v) is 11.7. The van der Waals surface area contributed by atoms with Crippen LogP contribution in [0.3, 0.4) is 0 Å². The van der Waals surface area contributed by atoms with Crippen molar-refractivity contribution in [2.75, 3.05) is 18.8 Å². The highest BCUT2D eigenvalue weighted by molar-refractivity contribution is 7.99. The lowest BCUT2D eigenvalue weighted by Gasteiger charge is -2.35. The molecule has 0 spiro atoms. The maximum Gasteiger partial charge on any atom is 0.238 e. The third kappa shape index (κ3) is 4.47. The van der Waals surface area contributed by atoms with E-state index in [2.05, 4.69) is 18.8 Å². The number of thioether (sulfide) groups is 1. The van der Waals surface area contributed by atoms with E-state index in [1.807, 2.05) is 16.4 Å². The molecule has 2 atom stereocenters. The predicted octanol–water partition coefficient (Wildman–Crippen LogP) is 2.30. The highest BCUT2D eigenvalue weighted by atomic mass is 32.2. The minimum atomic E-state index is -3.77. The fourth-order valence-corrected chi connectivity index (χ4v) is 5.28. The predicted molar refractivity (Wildman–Crippen MR) is 107 cm³/mol. The van der Waals surface area contributed by atoms with Crippen molar-refractivity contribution in [2.45, 2.75) is 43.8 Å². The number of nitrogens with two attached hydrogens (primary N) is 1. The van der Waals surface area contributed by atoms with Gasteiger partial charge >= 0.3 is 0 Å². The molecular weight excluding hydrogens is 384 g/mol. The molecule has 1 saturated heterocycles. The molecule has 148 valence electrons. The summed E-state index contributed by atoms with van der Waals surface area (Å²) in [5.74, 6) is 1.50. The molecule has 1 aliphatic rings. The van der Waals surface area contributed by atoms with Crippen LogP contribution in [0.1, 0.15) is 27.2 Å². The monoisotopic (exact) mass is 410 g/mol. The molecule has 2 N–H and O–H groups in total. The number of hydrogen-bond acceptors (Lipinski definition) is 5. The highest BCUT2D eigenvalue weighted by Gasteiger charge is 2.25. The van der Waals surface area contributed by atoms with Gasteiger partial charge in [0.2, 0.25) is 15.9 Å². The standard InChI is InChI=1S/C18H26N4O3S2/c1-4-22-16-6-5-14(27(19,24)25)8-15(16)20-18(22)26-11-17(23)21-9-12(2)7-13(3)10-21/h5-6,8,12-13H,4,7,9-11H2,1-3H3,(H2,19,24,25)/t12-,13-/m0/s1. The number of hydrogen-bond donors (Lipinski definition) is 1. The van der Waals surface area contributed by atoms with E-state index >= 15 is 0 Å². The third-order valence-electron chi connectivity index (χ3n) is 4.88. The average molecular weight is 411 g/mol. The number of carbonyl (C=O) groups is 1. The SMILES string of the molecule is CCn1c(SCC(=O)N2C[C@@H](C)C[C@H](C)C2)nc2cc(S(N)(=O)=O)ccc21. The first-order chi connectivity index (χ1) is 12.7. The quantitative estimate of drug-likeness (QED) is 0.763. The van der Waals surface area contributed by atoms with Crippen LogP contribution in [-0.4, -0.2) is 47.6 Å². The molecule has 0 unspecified atom stereocenters. The van der Waals surface area contributed by atoms with E-state index in [9.17, 15) is 13.2 Å². The van der Waals surface area contributed by atoms with E-state index in [0.29, 0.717) is 34.8 Å². The summed E-state index contributed by atoms with van der Waals surface area (Å²) in [7, 11) is -3.77. The van der Waals surface area contributed by atoms with Gasteiger partial charge in [0.05, 0.1) is 21.7 Å². The molecule has 9 heteroatoms. The molecule has 0 bridgehead atoms. The number of aryl methyl sites for hydroxylation is 1. The van der Waals surface area contributed by atoms with Gasteiger partial charge in [0, 0.05) is 19.6 Å². The largest absolute Gasteiger partial charge is 0.341 e. The van der Waals surface area contributed by atoms with Gasteiger partial charge in [0.1, 0.15) is 0 Å². The van der Waals surface area contributed by atoms with E-state index in [1.165, 1.54) is 23.9 Å². The topological polar surface area (TPSA) is 98.3 Å². The lowest BCUT2D eigenvalue weighted by atomic mass is 9.92. The van der Waals surface area contributed by atoms with Crippen molar-refractivity contribution in [3.63, 3.8) is 0 Å². The van der Waals surface area contributed by atoms with Crippen LogP contribution in [0.5, 0.6) is 0 Å². The Morgan fingerprint density at radius 1 is 1.30 bits per heavy atom. The molecule has 2 heterocycles. The van der Waals surface area contributed by atoms with Crippen molar-refractivity contribution < 1.29 is 13.2 Å². The van der Waals surface area contributed by atoms with Gasteiger partial charge in [0.15, 0.2) is 5.16 Å². The number of amides is 1. The summed E-state index contributed by atoms with van der Waals surface area (Å²) >= 11 is 1.39. The third-order valence-corrected chi connectivity index (χ3v) is 6.75. The second-order valence-corrected chi connectivity index (χ2v) is 9.87. The Bertz CT molecular complexity index is 945. The fourth-order valence-electron chi connectivity index (χ4n) is 3.76. The van der Waals surface area contributed by atoms with Gasteiger partial charge < -0.3 is 9.47 Å². The van der Waals surface area contributed by atoms with Crippen LogP contribution in [0.15, 0.2) is 28.3 Å². The molecule has 27 heavy (non-hydrogen) atoms. The van der Waals surface area contributed by atoms with Crippen molar-refractivity contribution in [3.8, 4) is 0 Å². The number of benzene rings is 1. The molecule has 3 rings (SSSR count). The van der Waals surface area contributed by atoms with Gasteiger partial charge in [-0.2, -0.15) is 0 Å². The Hall–Kier alpha value is -1.58. The Kier molecular flexibility index (Phi) is 5.83. The highest BCUT2D eigenvalue weighted by Crippen LogP contribution is 2.27. The number of rotatable bonds is 5. The summed E-state index contributed by atoms with van der Waals surface area (Å²) in [4.78, 5) is 19.2. The zero-order chi connectivity index (χ0) is 19.8. The molecule has 1 amide bonds. The van der Waals surface area contributed by atoms with Gasteiger partial charge in [-0.15, -0.1) is 0 Å². The number of sulfonamides is 1. The van der Waals surface area contributed by atoms with E-state index in [-0.39, 0.29) is 10.8 Å². The Balaban J connectivity index is 1.79. The van der Waals surface area contributed by atoms with Crippen LogP contribution in [0, 0.1) is 11.8 Å². The fraction of sp³-hybridized carbons (Fsp3) is 0.556. The van der Waals surface area contributed by atoms with E-state index in [4.69, 9.17) is 5.14 Å². The summed E-state index contributed by atoms with van der Waals surface area (Å²) in [6, 6.07) is 4.68. The first-order valence-electron chi connectivity index (χ1n) is 9.12. The molecule has 1 aromatic heterocycles. The van der Waals surface area contributed by atoms with Crippen LogP contribution >= 0.6 is 11.8 Å². The molecule has 2 aromatic rings. The number of nitrogens with zero attached hydrogens (tertiary/aromatic N) is 3. The number of imidazole rings is 1. The number of primary sulfonamides is 1. The zero-order valence-electron chi connectivity index (χ0n) is 15.9. The minimum Gasteiger partial charge on any atom is -0.341 e. The Labute approximate surface area is 164 Å². The maximum absolute atomic E-state index is 12.6. The second-order valence-electron chi connectivity index (χ2n) is 7.37. The average Bonchev–Trinajstić information content (AvgIpc) is 2.94. The molecule has 7 nitrogen and oxygen atoms in total. The maximum atomic E-state index is 12.6. The van der Waals surface area contributed by atoms with Gasteiger partial charge in [0.25, 0.3) is 0 Å². The van der Waals surface area contributed by atoms with Crippen molar-refractivity contribution in [2.24, 2.45) is 17.0 Å². The lowest BCUT2D eigenvalue weighted by Crippen LogP contribution is -2.43. The zero-order valence-corrected chi connectivity index (χ0v) is 17.5. The molecule has 1 aromatic carbocycles. The molecule has 0 aliphatic carbocycles. The van der Waals surface area contributed by atoms with Gasteiger partial charge in [-0.05, 0) is 43.4 Å². The summed E-state index contributed by atoms with van der Waals surface area (Å²) in [5.41, 5.74) is 1.40. The molecule has 1 fully saturated rings. The van der Waals surface area contributed by atoms with Crippen LogP contribution in [0.2, 0.25) is 0 Å². The smallest absolute Gasteiger partial charge is 0.238 e. The summed E-state index contributed by atoms with van der Waals surface area (Å²) < 4.78 is 25.1. The minimum absolute atomic E-state index is 0.0414. The number of carbonyl (C=O) groups excluding carboxylic acids is 1. The summed E-state index contributed by atoms with van der Waals surface area (Å²) in [5, 5.41) is 5.92. The van der Waals surface area contributed by atoms with E-state index in [1.54, 1.807) is 6.07 Å². The molecule has 0 saturated carbocycles. The summed E-state index contributed by atoms with van der Waals surface area (Å²) in [6.07, 6.45) is 1.16. The van der Waals surface area contributed by atoms with Crippen LogP contribution < -0.4 is 5.14 Å². The molecule has 1 aliphatic heterocycles. The van der Waals surface area contributed by atoms with Crippen LogP contribution in [-0.2, 0) is 21.4 Å². The van der Waals surface area contributed by atoms with Crippen molar-refractivity contribution in [3.05, 3.63) is 18.2 Å². The Morgan fingerprint density at radius 3 is 2.56 bits per heavy atom. The van der Waals surface area contributed by atoms with Gasteiger partial charge in [-0.3, -0.25) is 4.79 Å². The number of piperidine rings is 1. The van der Waals surface area contributed by atoms with E-state index in [0.717, 1.165) is 25.0 Å². The van der Waals surface area contributed by atoms with Crippen molar-refractivity contribution in [1.82, 2.24) is 14.5 Å².